The summed E-state index contributed by atoms with van der Waals surface area (Å²) in [7, 11) is 1.32. The van der Waals surface area contributed by atoms with Crippen molar-refractivity contribution < 1.29 is 52.3 Å². The number of carbonyl (C=O) groups excluding carboxylic acids is 2. The van der Waals surface area contributed by atoms with Gasteiger partial charge in [-0.1, -0.05) is 155 Å². The summed E-state index contributed by atoms with van der Waals surface area (Å²) in [6.45, 7) is 3.92. The van der Waals surface area contributed by atoms with E-state index in [0.29, 0.717) is 43.1 Å². The van der Waals surface area contributed by atoms with Crippen molar-refractivity contribution in [3.05, 3.63) is 122 Å². The summed E-state index contributed by atoms with van der Waals surface area (Å²) in [5.74, 6) is -1.02. The molecule has 0 amide bonds. The number of nitrogens with zero attached hydrogens (tertiary/aromatic N) is 1. The Bertz CT molecular complexity index is 1530. The predicted octanol–water partition coefficient (Wildman–Crippen LogP) is 11.6. The lowest BCUT2D eigenvalue weighted by molar-refractivity contribution is -0.870. The lowest BCUT2D eigenvalue weighted by Crippen LogP contribution is -2.37. The Labute approximate surface area is 387 Å². The number of ether oxygens (including phenoxy) is 2. The number of allylic oxidation sites excluding steroid dienone is 16. The maximum Gasteiger partial charge on any atom is 0.472 e. The fourth-order valence-electron chi connectivity index (χ4n) is 5.43. The van der Waals surface area contributed by atoms with Crippen LogP contribution in [0.4, 0.5) is 0 Å². The topological polar surface area (TPSA) is 149 Å². The zero-order valence-corrected chi connectivity index (χ0v) is 40.8. The number of likely N-dealkylation sites (N-methyl/N-ethyl adjacent to an activating group) is 1. The summed E-state index contributed by atoms with van der Waals surface area (Å²) in [5, 5.41) is 20.0. The van der Waals surface area contributed by atoms with Crippen LogP contribution in [-0.2, 0) is 32.7 Å². The van der Waals surface area contributed by atoms with Crippen LogP contribution in [0.15, 0.2) is 122 Å². The normalized spacial score (nSPS) is 15.6. The zero-order valence-electron chi connectivity index (χ0n) is 39.9. The monoisotopic (exact) mass is 915 g/mol. The number of rotatable bonds is 40. The second-order valence-electron chi connectivity index (χ2n) is 16.5. The third-order valence-electron chi connectivity index (χ3n) is 9.16. The Morgan fingerprint density at radius 3 is 1.64 bits per heavy atom. The number of hydrogen-bond donors (Lipinski definition) is 3. The maximum absolute atomic E-state index is 12.7. The molecule has 0 fully saturated rings. The van der Waals surface area contributed by atoms with E-state index >= 15 is 0 Å². The molecule has 0 rings (SSSR count). The third-order valence-corrected chi connectivity index (χ3v) is 10.1. The molecule has 0 aromatic carbocycles. The Morgan fingerprint density at radius 2 is 1.09 bits per heavy atom. The minimum atomic E-state index is -4.44. The number of unbranched alkanes of at least 4 members (excludes halogenated alkanes) is 6. The van der Waals surface area contributed by atoms with E-state index in [2.05, 4.69) is 55.5 Å². The molecule has 0 bridgehead atoms. The van der Waals surface area contributed by atoms with Gasteiger partial charge in [0, 0.05) is 12.8 Å². The van der Waals surface area contributed by atoms with E-state index in [1.165, 1.54) is 25.7 Å². The van der Waals surface area contributed by atoms with Crippen LogP contribution < -0.4 is 0 Å². The fourth-order valence-corrected chi connectivity index (χ4v) is 6.17. The number of aliphatic hydroxyl groups is 2. The van der Waals surface area contributed by atoms with Crippen LogP contribution in [0.1, 0.15) is 129 Å². The van der Waals surface area contributed by atoms with Crippen LogP contribution >= 0.6 is 7.82 Å². The molecular formula is C52H85NO10P+. The van der Waals surface area contributed by atoms with Gasteiger partial charge in [0.05, 0.1) is 40.0 Å². The van der Waals surface area contributed by atoms with E-state index < -0.39 is 44.7 Å². The highest BCUT2D eigenvalue weighted by Gasteiger charge is 2.27. The molecule has 12 heteroatoms. The Hall–Kier alpha value is -3.67. The van der Waals surface area contributed by atoms with Crippen molar-refractivity contribution in [3.63, 3.8) is 0 Å². The molecule has 3 N–H and O–H groups in total. The van der Waals surface area contributed by atoms with E-state index in [4.69, 9.17) is 18.5 Å². The van der Waals surface area contributed by atoms with Crippen molar-refractivity contribution >= 4 is 19.8 Å². The number of aliphatic hydroxyl groups excluding tert-OH is 2. The van der Waals surface area contributed by atoms with E-state index in [0.717, 1.165) is 44.9 Å². The van der Waals surface area contributed by atoms with Gasteiger partial charge < -0.3 is 29.1 Å². The minimum absolute atomic E-state index is 0.0150. The molecule has 0 aliphatic rings. The Kier molecular flexibility index (Phi) is 39.6. The van der Waals surface area contributed by atoms with Gasteiger partial charge in [-0.2, -0.15) is 0 Å². The SMILES string of the molecule is CC/C=C\C[C@H](O)/C=C/C=C\C=C\[C@H](O)C/C=C\C/C=C\CCC(=O)O[C@H](COC(=O)CCCCC/C=C\C/C=C\C/C=C\C/C=C\CCCCC)COP(=O)(O)OCC[N+](C)(C)C. The van der Waals surface area contributed by atoms with Crippen LogP contribution in [0, 0.1) is 0 Å². The Morgan fingerprint density at radius 1 is 0.578 bits per heavy atom. The highest BCUT2D eigenvalue weighted by molar-refractivity contribution is 7.47. The molecule has 64 heavy (non-hydrogen) atoms. The van der Waals surface area contributed by atoms with Crippen molar-refractivity contribution in [2.75, 3.05) is 47.5 Å². The van der Waals surface area contributed by atoms with Crippen LogP contribution in [0.2, 0.25) is 0 Å². The molecule has 0 saturated carbocycles. The van der Waals surface area contributed by atoms with Gasteiger partial charge in [-0.05, 0) is 83.5 Å². The molecule has 0 aromatic rings. The predicted molar refractivity (Wildman–Crippen MR) is 263 cm³/mol. The average Bonchev–Trinajstić information content (AvgIpc) is 3.24. The molecule has 0 radical (unpaired) electrons. The van der Waals surface area contributed by atoms with Crippen molar-refractivity contribution in [2.24, 2.45) is 0 Å². The fraction of sp³-hybridized carbons (Fsp3) is 0.577. The molecule has 0 heterocycles. The molecule has 4 atom stereocenters. The van der Waals surface area contributed by atoms with Crippen molar-refractivity contribution in [2.45, 2.75) is 148 Å². The quantitative estimate of drug-likeness (QED) is 0.0135. The van der Waals surface area contributed by atoms with Crippen molar-refractivity contribution in [1.82, 2.24) is 0 Å². The van der Waals surface area contributed by atoms with Gasteiger partial charge in [0.15, 0.2) is 6.10 Å². The third kappa shape index (κ3) is 44.9. The smallest absolute Gasteiger partial charge is 0.462 e. The van der Waals surface area contributed by atoms with Crippen LogP contribution in [0.25, 0.3) is 0 Å². The molecule has 362 valence electrons. The van der Waals surface area contributed by atoms with Gasteiger partial charge in [-0.3, -0.25) is 18.6 Å². The van der Waals surface area contributed by atoms with Gasteiger partial charge in [-0.25, -0.2) is 4.57 Å². The van der Waals surface area contributed by atoms with E-state index in [1.807, 2.05) is 64.5 Å². The maximum atomic E-state index is 12.7. The van der Waals surface area contributed by atoms with Gasteiger partial charge in [0.25, 0.3) is 0 Å². The molecule has 0 aromatic heterocycles. The molecule has 0 spiro atoms. The summed E-state index contributed by atoms with van der Waals surface area (Å²) in [6, 6.07) is 0. The number of phosphoric acid groups is 1. The van der Waals surface area contributed by atoms with E-state index in [1.54, 1.807) is 36.5 Å². The summed E-state index contributed by atoms with van der Waals surface area (Å²) in [5.41, 5.74) is 0. The van der Waals surface area contributed by atoms with Gasteiger partial charge in [-0.15, -0.1) is 0 Å². The first-order valence-electron chi connectivity index (χ1n) is 23.5. The standard InChI is InChI=1S/C52H84NO10P/c1-6-8-10-11-12-13-14-15-16-17-18-19-20-21-22-23-24-28-36-42-51(56)60-46-50(47-62-64(58,59)61-45-44-53(3,4)5)63-52(57)43-37-29-26-25-27-33-39-49(55)41-35-31-30-34-40-48(54)38-32-9-7-2/h9,12-13,15-16,18-19,21-22,26-27,29-35,40-41,48-50,54-55H,6-8,10-11,14,17,20,23-25,28,36-39,42-47H2,1-5H3/p+1/b13-12-,16-15-,19-18-,22-21-,29-26-,31-30-,32-9-,33-27-,40-34+,41-35+/t48-,49+,50+/m0/s1. The molecule has 0 aliphatic carbocycles. The van der Waals surface area contributed by atoms with Crippen LogP contribution in [0.5, 0.6) is 0 Å². The zero-order chi connectivity index (χ0) is 47.4. The lowest BCUT2D eigenvalue weighted by Gasteiger charge is -2.24. The number of quaternary nitrogens is 1. The van der Waals surface area contributed by atoms with Gasteiger partial charge >= 0.3 is 19.8 Å². The minimum Gasteiger partial charge on any atom is -0.462 e. The average molecular weight is 915 g/mol. The van der Waals surface area contributed by atoms with Crippen molar-refractivity contribution in [1.29, 1.82) is 0 Å². The molecular weight excluding hydrogens is 830 g/mol. The Balaban J connectivity index is 4.64. The number of carbonyl (C=O) groups is 2. The summed E-state index contributed by atoms with van der Waals surface area (Å²) in [6.07, 6.45) is 51.8. The lowest BCUT2D eigenvalue weighted by atomic mass is 10.1. The summed E-state index contributed by atoms with van der Waals surface area (Å²) >= 11 is 0. The van der Waals surface area contributed by atoms with E-state index in [-0.39, 0.29) is 26.1 Å². The number of phosphoric ester groups is 1. The second kappa shape index (κ2) is 42.0. The summed E-state index contributed by atoms with van der Waals surface area (Å²) < 4.78 is 34.1. The van der Waals surface area contributed by atoms with E-state index in [9.17, 15) is 29.3 Å². The number of esters is 2. The molecule has 0 aliphatic heterocycles. The first-order valence-corrected chi connectivity index (χ1v) is 25.0. The van der Waals surface area contributed by atoms with Crippen LogP contribution in [-0.4, -0.2) is 97.3 Å². The largest absolute Gasteiger partial charge is 0.472 e. The first kappa shape index (κ1) is 60.3. The molecule has 11 nitrogen and oxygen atoms in total. The number of hydrogen-bond acceptors (Lipinski definition) is 9. The first-order chi connectivity index (χ1) is 30.8. The van der Waals surface area contributed by atoms with Gasteiger partial charge in [0.1, 0.15) is 19.8 Å². The molecule has 0 saturated heterocycles. The van der Waals surface area contributed by atoms with Gasteiger partial charge in [0.2, 0.25) is 0 Å². The highest BCUT2D eigenvalue weighted by atomic mass is 31.2. The van der Waals surface area contributed by atoms with Crippen molar-refractivity contribution in [3.8, 4) is 0 Å². The second-order valence-corrected chi connectivity index (χ2v) is 17.9. The van der Waals surface area contributed by atoms with Crippen LogP contribution in [0.3, 0.4) is 0 Å². The highest BCUT2D eigenvalue weighted by Crippen LogP contribution is 2.43. The molecule has 1 unspecified atom stereocenters. The summed E-state index contributed by atoms with van der Waals surface area (Å²) in [4.78, 5) is 35.4.